The van der Waals surface area contributed by atoms with E-state index in [1.54, 1.807) is 0 Å². The summed E-state index contributed by atoms with van der Waals surface area (Å²) in [6.45, 7) is 3.70. The number of aryl methyl sites for hydroxylation is 2. The highest BCUT2D eigenvalue weighted by molar-refractivity contribution is 6.00. The molecule has 2 heterocycles. The molecule has 0 atom stereocenters. The fraction of sp³-hybridized carbons (Fsp3) is 0.143. The maximum Gasteiger partial charge on any atom is 0.192 e. The number of oxazole rings is 2. The SMILES string of the molecule is Cc1nc2cc3cc4oc(C)nc4cc3cc2o1. The summed E-state index contributed by atoms with van der Waals surface area (Å²) in [5.41, 5.74) is 3.35. The summed E-state index contributed by atoms with van der Waals surface area (Å²) in [6.07, 6.45) is 0. The van der Waals surface area contributed by atoms with E-state index in [1.807, 2.05) is 38.1 Å². The van der Waals surface area contributed by atoms with Crippen molar-refractivity contribution >= 4 is 33.0 Å². The van der Waals surface area contributed by atoms with Gasteiger partial charge in [0.05, 0.1) is 0 Å². The summed E-state index contributed by atoms with van der Waals surface area (Å²) < 4.78 is 11.1. The van der Waals surface area contributed by atoms with E-state index in [4.69, 9.17) is 8.83 Å². The van der Waals surface area contributed by atoms with Gasteiger partial charge in [-0.25, -0.2) is 9.97 Å². The van der Waals surface area contributed by atoms with Crippen LogP contribution >= 0.6 is 0 Å². The third-order valence-corrected chi connectivity index (χ3v) is 3.07. The van der Waals surface area contributed by atoms with Crippen molar-refractivity contribution in [3.63, 3.8) is 0 Å². The van der Waals surface area contributed by atoms with E-state index in [2.05, 4.69) is 9.97 Å². The van der Waals surface area contributed by atoms with Crippen molar-refractivity contribution in [1.29, 1.82) is 0 Å². The van der Waals surface area contributed by atoms with Crippen LogP contribution in [0.25, 0.3) is 33.0 Å². The highest BCUT2D eigenvalue weighted by Gasteiger charge is 2.08. The summed E-state index contributed by atoms with van der Waals surface area (Å²) in [5, 5.41) is 2.17. The Morgan fingerprint density at radius 3 is 1.61 bits per heavy atom. The predicted octanol–water partition coefficient (Wildman–Crippen LogP) is 3.74. The Balaban J connectivity index is 2.17. The van der Waals surface area contributed by atoms with Crippen LogP contribution in [0.4, 0.5) is 0 Å². The highest BCUT2D eigenvalue weighted by Crippen LogP contribution is 2.27. The van der Waals surface area contributed by atoms with Crippen molar-refractivity contribution in [3.8, 4) is 0 Å². The molecule has 0 saturated heterocycles. The van der Waals surface area contributed by atoms with Gasteiger partial charge in [0.2, 0.25) is 0 Å². The normalized spacial score (nSPS) is 11.9. The van der Waals surface area contributed by atoms with Gasteiger partial charge in [-0.05, 0) is 35.0 Å². The maximum absolute atomic E-state index is 5.54. The van der Waals surface area contributed by atoms with Gasteiger partial charge in [-0.1, -0.05) is 0 Å². The van der Waals surface area contributed by atoms with Crippen molar-refractivity contribution < 1.29 is 8.83 Å². The molecule has 0 saturated carbocycles. The van der Waals surface area contributed by atoms with Crippen molar-refractivity contribution in [2.75, 3.05) is 0 Å². The van der Waals surface area contributed by atoms with E-state index in [-0.39, 0.29) is 0 Å². The molecule has 0 aliphatic rings. The molecule has 0 aliphatic heterocycles. The molecule has 18 heavy (non-hydrogen) atoms. The first kappa shape index (κ1) is 9.65. The van der Waals surface area contributed by atoms with Crippen molar-refractivity contribution in [1.82, 2.24) is 9.97 Å². The zero-order valence-electron chi connectivity index (χ0n) is 10.0. The summed E-state index contributed by atoms with van der Waals surface area (Å²) in [6, 6.07) is 8.01. The highest BCUT2D eigenvalue weighted by atomic mass is 16.3. The van der Waals surface area contributed by atoms with Crippen molar-refractivity contribution in [2.45, 2.75) is 13.8 Å². The number of rotatable bonds is 0. The van der Waals surface area contributed by atoms with Gasteiger partial charge in [0.25, 0.3) is 0 Å². The fourth-order valence-electron chi connectivity index (χ4n) is 2.33. The third kappa shape index (κ3) is 1.26. The summed E-state index contributed by atoms with van der Waals surface area (Å²) in [4.78, 5) is 8.67. The molecule has 0 N–H and O–H groups in total. The van der Waals surface area contributed by atoms with Gasteiger partial charge < -0.3 is 8.83 Å². The molecule has 0 aliphatic carbocycles. The number of hydrogen-bond donors (Lipinski definition) is 0. The van der Waals surface area contributed by atoms with E-state index < -0.39 is 0 Å². The van der Waals surface area contributed by atoms with Gasteiger partial charge in [-0.2, -0.15) is 0 Å². The van der Waals surface area contributed by atoms with E-state index in [0.717, 1.165) is 33.0 Å². The van der Waals surface area contributed by atoms with E-state index >= 15 is 0 Å². The molecule has 4 rings (SSSR count). The van der Waals surface area contributed by atoms with E-state index in [9.17, 15) is 0 Å². The maximum atomic E-state index is 5.54. The summed E-state index contributed by atoms with van der Waals surface area (Å²) >= 11 is 0. The van der Waals surface area contributed by atoms with Crippen LogP contribution in [0, 0.1) is 13.8 Å². The van der Waals surface area contributed by atoms with Gasteiger partial charge in [0.1, 0.15) is 11.0 Å². The number of hydrogen-bond acceptors (Lipinski definition) is 4. The second-order valence-corrected chi connectivity index (χ2v) is 4.45. The first-order valence-corrected chi connectivity index (χ1v) is 5.77. The quantitative estimate of drug-likeness (QED) is 0.468. The van der Waals surface area contributed by atoms with E-state index in [0.29, 0.717) is 11.8 Å². The van der Waals surface area contributed by atoms with Gasteiger partial charge in [0, 0.05) is 13.8 Å². The molecule has 0 spiro atoms. The second kappa shape index (κ2) is 3.10. The van der Waals surface area contributed by atoms with Crippen molar-refractivity contribution in [2.24, 2.45) is 0 Å². The zero-order valence-corrected chi connectivity index (χ0v) is 10.0. The Labute approximate surface area is 102 Å². The summed E-state index contributed by atoms with van der Waals surface area (Å²) in [7, 11) is 0. The van der Waals surface area contributed by atoms with Crippen LogP contribution in [0.3, 0.4) is 0 Å². The van der Waals surface area contributed by atoms with Crippen LogP contribution in [0.5, 0.6) is 0 Å². The Morgan fingerprint density at radius 1 is 0.722 bits per heavy atom. The van der Waals surface area contributed by atoms with Gasteiger partial charge in [-0.15, -0.1) is 0 Å². The van der Waals surface area contributed by atoms with Crippen LogP contribution in [-0.4, -0.2) is 9.97 Å². The number of nitrogens with zero attached hydrogens (tertiary/aromatic N) is 2. The number of fused-ring (bicyclic) bond motifs is 3. The second-order valence-electron chi connectivity index (χ2n) is 4.45. The molecule has 0 radical (unpaired) electrons. The molecular weight excluding hydrogens is 228 g/mol. The Morgan fingerprint density at radius 2 is 1.17 bits per heavy atom. The predicted molar refractivity (Wildman–Crippen MR) is 68.6 cm³/mol. The third-order valence-electron chi connectivity index (χ3n) is 3.07. The molecular formula is C14H10N2O2. The minimum atomic E-state index is 0.679. The number of aromatic nitrogens is 2. The Bertz CT molecular complexity index is 760. The van der Waals surface area contributed by atoms with Gasteiger partial charge >= 0.3 is 0 Å². The van der Waals surface area contributed by atoms with Gasteiger partial charge in [0.15, 0.2) is 22.9 Å². The largest absolute Gasteiger partial charge is 0.441 e. The topological polar surface area (TPSA) is 52.1 Å². The van der Waals surface area contributed by atoms with Crippen LogP contribution in [0.15, 0.2) is 33.1 Å². The molecule has 4 nitrogen and oxygen atoms in total. The molecule has 4 aromatic rings. The lowest BCUT2D eigenvalue weighted by molar-refractivity contribution is 0.560. The average Bonchev–Trinajstić information content (AvgIpc) is 2.82. The lowest BCUT2D eigenvalue weighted by atomic mass is 10.1. The molecule has 0 amide bonds. The first-order chi connectivity index (χ1) is 8.69. The lowest BCUT2D eigenvalue weighted by Crippen LogP contribution is -1.75. The van der Waals surface area contributed by atoms with Crippen molar-refractivity contribution in [3.05, 3.63) is 36.0 Å². The molecule has 88 valence electrons. The summed E-state index contributed by atoms with van der Waals surface area (Å²) in [5.74, 6) is 1.36. The smallest absolute Gasteiger partial charge is 0.192 e. The molecule has 2 aromatic heterocycles. The molecule has 2 aromatic carbocycles. The lowest BCUT2D eigenvalue weighted by Gasteiger charge is -1.96. The van der Waals surface area contributed by atoms with Crippen LogP contribution in [-0.2, 0) is 0 Å². The molecule has 0 unspecified atom stereocenters. The van der Waals surface area contributed by atoms with Crippen LogP contribution < -0.4 is 0 Å². The Kier molecular flexibility index (Phi) is 1.66. The zero-order chi connectivity index (χ0) is 12.3. The number of benzene rings is 2. The van der Waals surface area contributed by atoms with Gasteiger partial charge in [-0.3, -0.25) is 0 Å². The van der Waals surface area contributed by atoms with Crippen LogP contribution in [0.1, 0.15) is 11.8 Å². The first-order valence-electron chi connectivity index (χ1n) is 5.77. The standard InChI is InChI=1S/C14H10N2O2/c1-7-15-11-3-9-6-14-12(16-8(2)18-14)4-10(9)5-13(11)17-7/h3-6H,1-2H3. The monoisotopic (exact) mass is 238 g/mol. The average molecular weight is 238 g/mol. The Hall–Kier alpha value is -2.36. The molecule has 0 bridgehead atoms. The van der Waals surface area contributed by atoms with E-state index in [1.165, 1.54) is 0 Å². The minimum absolute atomic E-state index is 0.679. The molecule has 4 heteroatoms. The van der Waals surface area contributed by atoms with Crippen LogP contribution in [0.2, 0.25) is 0 Å². The fourth-order valence-corrected chi connectivity index (χ4v) is 2.33. The minimum Gasteiger partial charge on any atom is -0.441 e. The molecule has 0 fully saturated rings.